The van der Waals surface area contributed by atoms with Gasteiger partial charge >= 0.3 is 12.2 Å². The zero-order valence-corrected chi connectivity index (χ0v) is 31.5. The van der Waals surface area contributed by atoms with Crippen LogP contribution in [0.4, 0.5) is 9.59 Å². The molecule has 11 nitrogen and oxygen atoms in total. The summed E-state index contributed by atoms with van der Waals surface area (Å²) in [6.07, 6.45) is 2.42. The van der Waals surface area contributed by atoms with Gasteiger partial charge in [-0.3, -0.25) is 9.69 Å². The summed E-state index contributed by atoms with van der Waals surface area (Å²) in [4.78, 5) is 48.2. The van der Waals surface area contributed by atoms with Crippen LogP contribution in [0, 0.1) is 6.92 Å². The molecule has 2 heterocycles. The van der Waals surface area contributed by atoms with Crippen LogP contribution in [0.5, 0.6) is 11.5 Å². The van der Waals surface area contributed by atoms with Crippen LogP contribution in [-0.4, -0.2) is 101 Å². The number of benzene rings is 2. The van der Waals surface area contributed by atoms with Gasteiger partial charge in [0.15, 0.2) is 0 Å². The number of carbonyl (C=O) groups excluding carboxylic acids is 3. The number of hydrogen-bond acceptors (Lipinski definition) is 8. The average molecular weight is 706 g/mol. The van der Waals surface area contributed by atoms with Crippen LogP contribution in [0.3, 0.4) is 0 Å². The van der Waals surface area contributed by atoms with Gasteiger partial charge in [0.2, 0.25) is 0 Å². The van der Waals surface area contributed by atoms with Gasteiger partial charge in [-0.05, 0) is 121 Å². The van der Waals surface area contributed by atoms with Crippen molar-refractivity contribution in [2.24, 2.45) is 0 Å². The van der Waals surface area contributed by atoms with E-state index in [-0.39, 0.29) is 31.6 Å². The van der Waals surface area contributed by atoms with Crippen molar-refractivity contribution in [3.8, 4) is 11.5 Å². The van der Waals surface area contributed by atoms with Gasteiger partial charge in [-0.25, -0.2) is 9.59 Å². The summed E-state index contributed by atoms with van der Waals surface area (Å²) in [5, 5.41) is 9.22. The second-order valence-corrected chi connectivity index (χ2v) is 15.8. The summed E-state index contributed by atoms with van der Waals surface area (Å²) in [5.41, 5.74) is 2.58. The van der Waals surface area contributed by atoms with Crippen molar-refractivity contribution in [3.63, 3.8) is 0 Å². The van der Waals surface area contributed by atoms with Gasteiger partial charge in [0.05, 0.1) is 25.8 Å². The van der Waals surface area contributed by atoms with Crippen molar-refractivity contribution in [2.75, 3.05) is 33.4 Å². The van der Waals surface area contributed by atoms with E-state index in [1.54, 1.807) is 16.9 Å². The maximum atomic E-state index is 15.3. The molecule has 11 heteroatoms. The first kappa shape index (κ1) is 38.0. The maximum Gasteiger partial charge on any atom is 0.411 e. The molecule has 51 heavy (non-hydrogen) atoms. The van der Waals surface area contributed by atoms with Crippen molar-refractivity contribution in [2.45, 2.75) is 116 Å². The van der Waals surface area contributed by atoms with E-state index in [4.69, 9.17) is 18.9 Å². The van der Waals surface area contributed by atoms with Crippen LogP contribution < -0.4 is 9.47 Å². The highest BCUT2D eigenvalue weighted by Gasteiger charge is 2.51. The van der Waals surface area contributed by atoms with E-state index < -0.39 is 35.5 Å². The van der Waals surface area contributed by atoms with Gasteiger partial charge in [-0.2, -0.15) is 0 Å². The van der Waals surface area contributed by atoms with Crippen molar-refractivity contribution in [1.29, 1.82) is 0 Å². The highest BCUT2D eigenvalue weighted by molar-refractivity contribution is 6.04. The quantitative estimate of drug-likeness (QED) is 0.256. The zero-order valence-electron chi connectivity index (χ0n) is 31.5. The number of unbranched alkanes of at least 4 members (excludes halogenated alkanes) is 1. The Labute approximate surface area is 302 Å². The summed E-state index contributed by atoms with van der Waals surface area (Å²) in [7, 11) is 1.64. The van der Waals surface area contributed by atoms with E-state index >= 15 is 4.79 Å². The molecule has 2 aromatic rings. The van der Waals surface area contributed by atoms with E-state index in [0.29, 0.717) is 43.7 Å². The minimum atomic E-state index is -0.788. The largest absolute Gasteiger partial charge is 0.496 e. The normalized spacial score (nSPS) is 19.1. The number of piperazine rings is 1. The summed E-state index contributed by atoms with van der Waals surface area (Å²) >= 11 is 0. The van der Waals surface area contributed by atoms with Crippen LogP contribution in [-0.2, 0) is 20.8 Å². The Morgan fingerprint density at radius 3 is 2.25 bits per heavy atom. The standard InChI is InChI=1S/C40H55N3O8/c1-26-28(14-12-16-34(26)48-8)23-42(29-17-18-29)36(45)35-32(27-13-11-15-31(21-27)49-20-10-9-19-44)22-30-24-41(37(46)50-39(2,3)4)25-33(35)43(30)38(47)51-40(5,6)7/h11-16,21,29-30,33,44H,9-10,17-20,22-25H2,1-8H3/t30?,33-/m1/s1. The lowest BCUT2D eigenvalue weighted by molar-refractivity contribution is -0.129. The van der Waals surface area contributed by atoms with Gasteiger partial charge in [0.25, 0.3) is 5.91 Å². The first-order valence-electron chi connectivity index (χ1n) is 18.1. The third kappa shape index (κ3) is 9.36. The van der Waals surface area contributed by atoms with E-state index in [1.165, 1.54) is 0 Å². The van der Waals surface area contributed by atoms with Crippen LogP contribution in [0.25, 0.3) is 5.57 Å². The molecule has 0 spiro atoms. The van der Waals surface area contributed by atoms with Gasteiger partial charge in [0.1, 0.15) is 22.7 Å². The third-order valence-corrected chi connectivity index (χ3v) is 9.35. The number of methoxy groups -OCH3 is 1. The molecule has 2 atom stereocenters. The Hall–Kier alpha value is -4.25. The lowest BCUT2D eigenvalue weighted by Gasteiger charge is -2.51. The number of carbonyl (C=O) groups is 3. The van der Waals surface area contributed by atoms with Crippen molar-refractivity contribution in [1.82, 2.24) is 14.7 Å². The molecule has 1 saturated carbocycles. The Morgan fingerprint density at radius 1 is 0.922 bits per heavy atom. The first-order valence-corrected chi connectivity index (χ1v) is 18.1. The molecule has 2 bridgehead atoms. The fourth-order valence-corrected chi connectivity index (χ4v) is 6.84. The summed E-state index contributed by atoms with van der Waals surface area (Å²) < 4.78 is 23.4. The minimum absolute atomic E-state index is 0.0382. The molecule has 3 amide bonds. The monoisotopic (exact) mass is 705 g/mol. The van der Waals surface area contributed by atoms with Crippen LogP contribution >= 0.6 is 0 Å². The molecule has 1 aliphatic carbocycles. The molecule has 0 radical (unpaired) electrons. The second kappa shape index (κ2) is 15.6. The van der Waals surface area contributed by atoms with Crippen LogP contribution in [0.1, 0.15) is 90.3 Å². The summed E-state index contributed by atoms with van der Waals surface area (Å²) in [6, 6.07) is 12.4. The van der Waals surface area contributed by atoms with Gasteiger partial charge in [-0.15, -0.1) is 0 Å². The van der Waals surface area contributed by atoms with E-state index in [9.17, 15) is 14.7 Å². The fourth-order valence-electron chi connectivity index (χ4n) is 6.84. The topological polar surface area (TPSA) is 118 Å². The number of nitrogens with zero attached hydrogens (tertiary/aromatic N) is 3. The SMILES string of the molecule is COc1cccc(CN(C(=O)C2=C(c3cccc(OCCCCO)c3)CC3CN(C(=O)OC(C)(C)C)C[C@H]2N3C(=O)OC(C)(C)C)C2CC2)c1C. The molecule has 2 aromatic carbocycles. The summed E-state index contributed by atoms with van der Waals surface area (Å²) in [6.45, 7) is 14.1. The Bertz CT molecular complexity index is 1620. The van der Waals surface area contributed by atoms with Gasteiger partial charge in [-0.1, -0.05) is 24.3 Å². The number of rotatable bonds is 11. The molecule has 1 saturated heterocycles. The van der Waals surface area contributed by atoms with Crippen molar-refractivity contribution >= 4 is 23.7 Å². The van der Waals surface area contributed by atoms with Gasteiger partial charge in [0, 0.05) is 37.9 Å². The molecule has 2 aliphatic heterocycles. The second-order valence-electron chi connectivity index (χ2n) is 15.8. The lowest BCUT2D eigenvalue weighted by Crippen LogP contribution is -2.66. The lowest BCUT2D eigenvalue weighted by atomic mass is 9.81. The van der Waals surface area contributed by atoms with Gasteiger partial charge < -0.3 is 33.9 Å². The molecule has 3 aliphatic rings. The Balaban J connectivity index is 1.63. The molecule has 1 N–H and O–H groups in total. The highest BCUT2D eigenvalue weighted by Crippen LogP contribution is 2.43. The predicted molar refractivity (Wildman–Crippen MR) is 195 cm³/mol. The molecule has 1 unspecified atom stereocenters. The zero-order chi connectivity index (χ0) is 37.1. The van der Waals surface area contributed by atoms with Crippen LogP contribution in [0.2, 0.25) is 0 Å². The number of aliphatic hydroxyl groups is 1. The maximum absolute atomic E-state index is 15.3. The Kier molecular flexibility index (Phi) is 11.6. The summed E-state index contributed by atoms with van der Waals surface area (Å²) in [5.74, 6) is 1.24. The first-order chi connectivity index (χ1) is 24.1. The number of fused-ring (bicyclic) bond motifs is 2. The van der Waals surface area contributed by atoms with E-state index in [1.807, 2.05) is 95.8 Å². The molecule has 278 valence electrons. The van der Waals surface area contributed by atoms with Crippen LogP contribution in [0.15, 0.2) is 48.0 Å². The highest BCUT2D eigenvalue weighted by atomic mass is 16.6. The number of amides is 3. The molecule has 2 fully saturated rings. The number of hydrogen-bond donors (Lipinski definition) is 1. The average Bonchev–Trinajstić information content (AvgIpc) is 3.89. The fraction of sp³-hybridized carbons (Fsp3) is 0.575. The minimum Gasteiger partial charge on any atom is -0.496 e. The Morgan fingerprint density at radius 2 is 1.61 bits per heavy atom. The number of aliphatic hydroxyl groups excluding tert-OH is 1. The van der Waals surface area contributed by atoms with Crippen molar-refractivity contribution in [3.05, 3.63) is 64.7 Å². The van der Waals surface area contributed by atoms with Crippen molar-refractivity contribution < 1.29 is 38.4 Å². The third-order valence-electron chi connectivity index (χ3n) is 9.35. The van der Waals surface area contributed by atoms with E-state index in [2.05, 4.69) is 0 Å². The van der Waals surface area contributed by atoms with E-state index in [0.717, 1.165) is 40.9 Å². The predicted octanol–water partition coefficient (Wildman–Crippen LogP) is 6.73. The smallest absolute Gasteiger partial charge is 0.411 e. The molecule has 0 aromatic heterocycles. The molecular formula is C40H55N3O8. The number of ether oxygens (including phenoxy) is 4. The molecule has 5 rings (SSSR count). The molecular weight excluding hydrogens is 650 g/mol.